The van der Waals surface area contributed by atoms with Gasteiger partial charge in [-0.2, -0.15) is 0 Å². The molecule has 0 fully saturated rings. The maximum Gasteiger partial charge on any atom is 0.251 e. The van der Waals surface area contributed by atoms with Crippen molar-refractivity contribution in [3.05, 3.63) is 63.3 Å². The van der Waals surface area contributed by atoms with E-state index in [2.05, 4.69) is 16.0 Å². The Morgan fingerprint density at radius 2 is 2.18 bits per heavy atom. The van der Waals surface area contributed by atoms with Crippen molar-refractivity contribution in [1.82, 2.24) is 9.97 Å². The number of aromatic amines is 1. The number of benzene rings is 1. The molecule has 0 radical (unpaired) electrons. The van der Waals surface area contributed by atoms with E-state index in [1.54, 1.807) is 0 Å². The zero-order chi connectivity index (χ0) is 12.3. The monoisotopic (exact) mass is 229 g/mol. The average molecular weight is 229 g/mol. The smallest absolute Gasteiger partial charge is 0.251 e. The molecule has 2 aromatic rings. The molecule has 0 atom stereocenters. The second-order valence-electron chi connectivity index (χ2n) is 4.05. The van der Waals surface area contributed by atoms with Crippen molar-refractivity contribution in [1.29, 1.82) is 0 Å². The fraction of sp³-hybridized carbons (Fsp3) is 0.231. The lowest BCUT2D eigenvalue weighted by molar-refractivity contribution is 0.875. The van der Waals surface area contributed by atoms with E-state index < -0.39 is 0 Å². The standard InChI is InChI=1S/C13H15N3O/c1-9-3-2-4-10(5-9)6-12-15-11(8-14)7-13(17)16-12/h2-5,7H,6,8,14H2,1H3,(H,15,16,17). The van der Waals surface area contributed by atoms with Crippen LogP contribution in [0.25, 0.3) is 0 Å². The summed E-state index contributed by atoms with van der Waals surface area (Å²) in [6.07, 6.45) is 0.616. The lowest BCUT2D eigenvalue weighted by atomic mass is 10.1. The fourth-order valence-corrected chi connectivity index (χ4v) is 1.77. The molecule has 0 saturated heterocycles. The summed E-state index contributed by atoms with van der Waals surface area (Å²) in [7, 11) is 0. The van der Waals surface area contributed by atoms with Crippen LogP contribution in [-0.4, -0.2) is 9.97 Å². The number of nitrogens with two attached hydrogens (primary N) is 1. The highest BCUT2D eigenvalue weighted by atomic mass is 16.1. The van der Waals surface area contributed by atoms with Crippen molar-refractivity contribution < 1.29 is 0 Å². The van der Waals surface area contributed by atoms with Gasteiger partial charge in [0.05, 0.1) is 5.69 Å². The summed E-state index contributed by atoms with van der Waals surface area (Å²) < 4.78 is 0. The topological polar surface area (TPSA) is 71.8 Å². The van der Waals surface area contributed by atoms with Crippen molar-refractivity contribution >= 4 is 0 Å². The van der Waals surface area contributed by atoms with Gasteiger partial charge in [-0.1, -0.05) is 29.8 Å². The predicted octanol–water partition coefficient (Wildman–Crippen LogP) is 1.13. The van der Waals surface area contributed by atoms with E-state index in [1.807, 2.05) is 25.1 Å². The third-order valence-electron chi connectivity index (χ3n) is 2.51. The number of rotatable bonds is 3. The van der Waals surface area contributed by atoms with Crippen LogP contribution in [0.1, 0.15) is 22.6 Å². The molecule has 4 heteroatoms. The van der Waals surface area contributed by atoms with Crippen molar-refractivity contribution in [2.45, 2.75) is 19.9 Å². The summed E-state index contributed by atoms with van der Waals surface area (Å²) in [4.78, 5) is 18.4. The number of H-pyrrole nitrogens is 1. The van der Waals surface area contributed by atoms with Crippen LogP contribution in [0, 0.1) is 6.92 Å². The third-order valence-corrected chi connectivity index (χ3v) is 2.51. The minimum absolute atomic E-state index is 0.150. The Balaban J connectivity index is 2.29. The van der Waals surface area contributed by atoms with E-state index in [9.17, 15) is 4.79 Å². The Morgan fingerprint density at radius 3 is 2.88 bits per heavy atom. The Morgan fingerprint density at radius 1 is 1.35 bits per heavy atom. The molecule has 1 aromatic carbocycles. The molecule has 1 heterocycles. The normalized spacial score (nSPS) is 10.5. The minimum Gasteiger partial charge on any atom is -0.325 e. The van der Waals surface area contributed by atoms with E-state index >= 15 is 0 Å². The molecule has 0 spiro atoms. The summed E-state index contributed by atoms with van der Waals surface area (Å²) >= 11 is 0. The largest absolute Gasteiger partial charge is 0.325 e. The van der Waals surface area contributed by atoms with Gasteiger partial charge in [-0.3, -0.25) is 4.79 Å². The highest BCUT2D eigenvalue weighted by Crippen LogP contribution is 2.07. The quantitative estimate of drug-likeness (QED) is 0.828. The Kier molecular flexibility index (Phi) is 3.35. The van der Waals surface area contributed by atoms with Gasteiger partial charge in [0.2, 0.25) is 0 Å². The molecule has 17 heavy (non-hydrogen) atoms. The number of hydrogen-bond acceptors (Lipinski definition) is 3. The van der Waals surface area contributed by atoms with Crippen molar-refractivity contribution in [3.63, 3.8) is 0 Å². The van der Waals surface area contributed by atoms with Crippen LogP contribution in [0.15, 0.2) is 35.1 Å². The molecular formula is C13H15N3O. The molecule has 0 aliphatic heterocycles. The summed E-state index contributed by atoms with van der Waals surface area (Å²) in [6, 6.07) is 9.56. The SMILES string of the molecule is Cc1cccc(Cc2nc(CN)cc(=O)[nH]2)c1. The molecule has 0 saturated carbocycles. The van der Waals surface area contributed by atoms with Crippen molar-refractivity contribution in [3.8, 4) is 0 Å². The maximum atomic E-state index is 11.4. The summed E-state index contributed by atoms with van der Waals surface area (Å²) in [5.41, 5.74) is 8.28. The van der Waals surface area contributed by atoms with Crippen molar-refractivity contribution in [2.24, 2.45) is 5.73 Å². The van der Waals surface area contributed by atoms with E-state index in [-0.39, 0.29) is 12.1 Å². The molecule has 0 bridgehead atoms. The first-order valence-electron chi connectivity index (χ1n) is 5.52. The van der Waals surface area contributed by atoms with Crippen LogP contribution >= 0.6 is 0 Å². The second kappa shape index (κ2) is 4.93. The molecule has 4 nitrogen and oxygen atoms in total. The molecule has 3 N–H and O–H groups in total. The van der Waals surface area contributed by atoms with Crippen LogP contribution in [0.5, 0.6) is 0 Å². The Hall–Kier alpha value is -1.94. The van der Waals surface area contributed by atoms with Crippen molar-refractivity contribution in [2.75, 3.05) is 0 Å². The van der Waals surface area contributed by atoms with E-state index in [0.717, 1.165) is 5.56 Å². The zero-order valence-electron chi connectivity index (χ0n) is 9.73. The molecule has 2 rings (SSSR count). The molecule has 0 amide bonds. The number of hydrogen-bond donors (Lipinski definition) is 2. The lowest BCUT2D eigenvalue weighted by Crippen LogP contribution is -2.15. The first-order valence-corrected chi connectivity index (χ1v) is 5.52. The van der Waals surface area contributed by atoms with Gasteiger partial charge >= 0.3 is 0 Å². The Bertz CT molecular complexity index is 575. The van der Waals surface area contributed by atoms with Gasteiger partial charge in [0.1, 0.15) is 5.82 Å². The zero-order valence-corrected chi connectivity index (χ0v) is 9.73. The van der Waals surface area contributed by atoms with Gasteiger partial charge in [-0.25, -0.2) is 4.98 Å². The van der Waals surface area contributed by atoms with Gasteiger partial charge in [0.15, 0.2) is 0 Å². The number of aromatic nitrogens is 2. The minimum atomic E-state index is -0.150. The maximum absolute atomic E-state index is 11.4. The summed E-state index contributed by atoms with van der Waals surface area (Å²) in [5, 5.41) is 0. The molecule has 88 valence electrons. The second-order valence-corrected chi connectivity index (χ2v) is 4.05. The molecule has 0 aliphatic carbocycles. The van der Waals surface area contributed by atoms with Gasteiger partial charge in [-0.15, -0.1) is 0 Å². The Labute approximate surface area is 99.5 Å². The van der Waals surface area contributed by atoms with Gasteiger partial charge in [0.25, 0.3) is 5.56 Å². The van der Waals surface area contributed by atoms with Crippen LogP contribution in [0.4, 0.5) is 0 Å². The van der Waals surface area contributed by atoms with E-state index in [4.69, 9.17) is 5.73 Å². The lowest BCUT2D eigenvalue weighted by Gasteiger charge is -2.04. The van der Waals surface area contributed by atoms with Crippen LogP contribution < -0.4 is 11.3 Å². The van der Waals surface area contributed by atoms with Crippen LogP contribution in [0.3, 0.4) is 0 Å². The van der Waals surface area contributed by atoms with Crippen LogP contribution in [0.2, 0.25) is 0 Å². The third kappa shape index (κ3) is 3.01. The summed E-state index contributed by atoms with van der Waals surface area (Å²) in [5.74, 6) is 0.656. The van der Waals surface area contributed by atoms with Gasteiger partial charge in [-0.05, 0) is 12.5 Å². The van der Waals surface area contributed by atoms with Gasteiger partial charge < -0.3 is 10.7 Å². The molecule has 1 aromatic heterocycles. The predicted molar refractivity (Wildman–Crippen MR) is 66.7 cm³/mol. The van der Waals surface area contributed by atoms with Gasteiger partial charge in [0, 0.05) is 19.0 Å². The number of nitrogens with one attached hydrogen (secondary N) is 1. The van der Waals surface area contributed by atoms with E-state index in [0.29, 0.717) is 17.9 Å². The molecule has 0 unspecified atom stereocenters. The van der Waals surface area contributed by atoms with Crippen LogP contribution in [-0.2, 0) is 13.0 Å². The molecular weight excluding hydrogens is 214 g/mol. The first kappa shape index (κ1) is 11.5. The highest BCUT2D eigenvalue weighted by Gasteiger charge is 2.02. The number of nitrogens with zero attached hydrogens (tertiary/aromatic N) is 1. The fourth-order valence-electron chi connectivity index (χ4n) is 1.77. The summed E-state index contributed by atoms with van der Waals surface area (Å²) in [6.45, 7) is 2.32. The molecule has 0 aliphatic rings. The highest BCUT2D eigenvalue weighted by molar-refractivity contribution is 5.24. The van der Waals surface area contributed by atoms with E-state index in [1.165, 1.54) is 11.6 Å². The average Bonchev–Trinajstić information content (AvgIpc) is 2.28. The first-order chi connectivity index (χ1) is 8.17. The number of aryl methyl sites for hydroxylation is 1.